The molecule has 1 N–H and O–H groups in total. The fourth-order valence-electron chi connectivity index (χ4n) is 6.81. The highest BCUT2D eigenvalue weighted by Crippen LogP contribution is 2.45. The Balaban J connectivity index is 1.41. The highest BCUT2D eigenvalue weighted by molar-refractivity contribution is 5.53. The van der Waals surface area contributed by atoms with Crippen LogP contribution in [0, 0.1) is 12.8 Å². The molecular formula is C36H41F3N6O2. The number of aromatic nitrogens is 3. The summed E-state index contributed by atoms with van der Waals surface area (Å²) in [6.07, 6.45) is -2.05. The minimum atomic E-state index is -4.56. The summed E-state index contributed by atoms with van der Waals surface area (Å²) in [5.41, 5.74) is 3.42. The summed E-state index contributed by atoms with van der Waals surface area (Å²) in [6.45, 7) is 7.86. The SMILES string of the molecule is COc1ccc(CN(Cc2ccc(OC)cc2)c2cc(C)c(C(F)(F)F)c(C3Cc4ncnc(N5CCNCC5)c4CC3C)n2)cc1. The fourth-order valence-corrected chi connectivity index (χ4v) is 6.81. The van der Waals surface area contributed by atoms with E-state index in [1.807, 2.05) is 60.4 Å². The van der Waals surface area contributed by atoms with Crippen molar-refractivity contribution < 1.29 is 22.6 Å². The maximum atomic E-state index is 14.8. The summed E-state index contributed by atoms with van der Waals surface area (Å²) in [4.78, 5) is 18.4. The molecule has 1 aliphatic heterocycles. The van der Waals surface area contributed by atoms with Gasteiger partial charge in [-0.2, -0.15) is 13.2 Å². The van der Waals surface area contributed by atoms with E-state index in [4.69, 9.17) is 14.5 Å². The topological polar surface area (TPSA) is 75.6 Å². The lowest BCUT2D eigenvalue weighted by molar-refractivity contribution is -0.139. The van der Waals surface area contributed by atoms with Gasteiger partial charge in [0, 0.05) is 56.4 Å². The summed E-state index contributed by atoms with van der Waals surface area (Å²) in [7, 11) is 3.23. The zero-order chi connectivity index (χ0) is 33.1. The smallest absolute Gasteiger partial charge is 0.418 e. The first-order valence-corrected chi connectivity index (χ1v) is 16.0. The monoisotopic (exact) mass is 646 g/mol. The molecule has 0 bridgehead atoms. The van der Waals surface area contributed by atoms with Gasteiger partial charge in [-0.15, -0.1) is 0 Å². The van der Waals surface area contributed by atoms with Crippen molar-refractivity contribution in [2.75, 3.05) is 50.2 Å². The van der Waals surface area contributed by atoms with Crippen LogP contribution in [0.4, 0.5) is 24.8 Å². The molecule has 1 fully saturated rings. The quantitative estimate of drug-likeness (QED) is 0.226. The van der Waals surface area contributed by atoms with Crippen LogP contribution in [0.25, 0.3) is 0 Å². The molecule has 47 heavy (non-hydrogen) atoms. The van der Waals surface area contributed by atoms with Crippen molar-refractivity contribution in [3.05, 3.63) is 100 Å². The van der Waals surface area contributed by atoms with E-state index < -0.39 is 17.7 Å². The van der Waals surface area contributed by atoms with Gasteiger partial charge in [-0.3, -0.25) is 0 Å². The number of hydrogen-bond acceptors (Lipinski definition) is 8. The molecule has 0 spiro atoms. The average molecular weight is 647 g/mol. The molecule has 11 heteroatoms. The minimum absolute atomic E-state index is 0.0856. The Morgan fingerprint density at radius 2 is 1.49 bits per heavy atom. The molecule has 0 saturated carbocycles. The number of benzene rings is 2. The van der Waals surface area contributed by atoms with Gasteiger partial charge in [0.05, 0.1) is 25.5 Å². The number of halogens is 3. The summed E-state index contributed by atoms with van der Waals surface area (Å²) >= 11 is 0. The predicted molar refractivity (Wildman–Crippen MR) is 176 cm³/mol. The fraction of sp³-hybridized carbons (Fsp3) is 0.417. The number of ether oxygens (including phenoxy) is 2. The van der Waals surface area contributed by atoms with Gasteiger partial charge >= 0.3 is 6.18 Å². The zero-order valence-corrected chi connectivity index (χ0v) is 27.3. The molecule has 2 atom stereocenters. The van der Waals surface area contributed by atoms with E-state index >= 15 is 0 Å². The number of aryl methyl sites for hydroxylation is 1. The standard InChI is InChI=1S/C36H41F3N6O2/c1-23-17-30-31(41-22-42-35(30)44-15-13-40-14-16-44)19-29(23)34-33(36(37,38)39)24(2)18-32(43-34)45(20-25-5-9-27(46-3)10-6-25)21-26-7-11-28(47-4)12-8-26/h5-12,18,22-23,29,40H,13-17,19-21H2,1-4H3. The number of piperazine rings is 1. The first kappa shape index (κ1) is 32.6. The maximum absolute atomic E-state index is 14.8. The van der Waals surface area contributed by atoms with Crippen molar-refractivity contribution in [1.82, 2.24) is 20.3 Å². The molecule has 4 aromatic rings. The molecule has 0 radical (unpaired) electrons. The predicted octanol–water partition coefficient (Wildman–Crippen LogP) is 6.35. The van der Waals surface area contributed by atoms with Crippen LogP contribution in [0.15, 0.2) is 60.9 Å². The van der Waals surface area contributed by atoms with Crippen LogP contribution in [0.5, 0.6) is 11.5 Å². The van der Waals surface area contributed by atoms with Crippen LogP contribution in [0.3, 0.4) is 0 Å². The third-order valence-corrected chi connectivity index (χ3v) is 9.31. The van der Waals surface area contributed by atoms with Crippen molar-refractivity contribution in [1.29, 1.82) is 0 Å². The molecule has 2 aliphatic rings. The van der Waals surface area contributed by atoms with E-state index in [1.165, 1.54) is 0 Å². The van der Waals surface area contributed by atoms with Crippen molar-refractivity contribution in [2.45, 2.75) is 51.9 Å². The number of nitrogens with zero attached hydrogens (tertiary/aromatic N) is 5. The van der Waals surface area contributed by atoms with Crippen molar-refractivity contribution in [3.63, 3.8) is 0 Å². The molecule has 248 valence electrons. The Kier molecular flexibility index (Phi) is 9.54. The number of pyridine rings is 1. The van der Waals surface area contributed by atoms with Crippen LogP contribution in [-0.2, 0) is 32.1 Å². The van der Waals surface area contributed by atoms with E-state index in [0.717, 1.165) is 65.9 Å². The van der Waals surface area contributed by atoms with Crippen LogP contribution in [0.2, 0.25) is 0 Å². The number of nitrogens with one attached hydrogen (secondary N) is 1. The Morgan fingerprint density at radius 3 is 2.04 bits per heavy atom. The van der Waals surface area contributed by atoms with Gasteiger partial charge in [-0.1, -0.05) is 31.2 Å². The van der Waals surface area contributed by atoms with Crippen molar-refractivity contribution in [3.8, 4) is 11.5 Å². The van der Waals surface area contributed by atoms with Crippen LogP contribution in [0.1, 0.15) is 52.0 Å². The molecule has 3 heterocycles. The Morgan fingerprint density at radius 1 is 0.894 bits per heavy atom. The Labute approximate surface area is 274 Å². The van der Waals surface area contributed by atoms with Gasteiger partial charge in [-0.05, 0) is 72.7 Å². The zero-order valence-electron chi connectivity index (χ0n) is 27.3. The lowest BCUT2D eigenvalue weighted by Crippen LogP contribution is -2.44. The second-order valence-electron chi connectivity index (χ2n) is 12.5. The number of anilines is 2. The number of fused-ring (bicyclic) bond motifs is 1. The lowest BCUT2D eigenvalue weighted by Gasteiger charge is -2.36. The highest BCUT2D eigenvalue weighted by atomic mass is 19.4. The molecule has 1 aliphatic carbocycles. The van der Waals surface area contributed by atoms with E-state index in [2.05, 4.69) is 20.2 Å². The number of hydrogen-bond donors (Lipinski definition) is 1. The van der Waals surface area contributed by atoms with E-state index in [1.54, 1.807) is 33.5 Å². The van der Waals surface area contributed by atoms with E-state index in [0.29, 0.717) is 31.7 Å². The molecule has 1 saturated heterocycles. The van der Waals surface area contributed by atoms with Crippen LogP contribution < -0.4 is 24.6 Å². The van der Waals surface area contributed by atoms with E-state index in [-0.39, 0.29) is 17.2 Å². The normalized spacial score (nSPS) is 18.1. The molecule has 2 unspecified atom stereocenters. The van der Waals surface area contributed by atoms with Crippen molar-refractivity contribution >= 4 is 11.6 Å². The largest absolute Gasteiger partial charge is 0.497 e. The Hall–Kier alpha value is -4.38. The number of rotatable bonds is 9. The van der Waals surface area contributed by atoms with Crippen LogP contribution >= 0.6 is 0 Å². The molecule has 6 rings (SSSR count). The minimum Gasteiger partial charge on any atom is -0.497 e. The van der Waals surface area contributed by atoms with Gasteiger partial charge in [-0.25, -0.2) is 15.0 Å². The Bertz CT molecular complexity index is 1620. The highest BCUT2D eigenvalue weighted by Gasteiger charge is 2.42. The van der Waals surface area contributed by atoms with Gasteiger partial charge < -0.3 is 24.6 Å². The van der Waals surface area contributed by atoms with Gasteiger partial charge in [0.25, 0.3) is 0 Å². The summed E-state index contributed by atoms with van der Waals surface area (Å²) in [5, 5.41) is 3.37. The lowest BCUT2D eigenvalue weighted by atomic mass is 9.75. The van der Waals surface area contributed by atoms with E-state index in [9.17, 15) is 13.2 Å². The second kappa shape index (κ2) is 13.8. The van der Waals surface area contributed by atoms with Gasteiger partial charge in [0.2, 0.25) is 0 Å². The van der Waals surface area contributed by atoms with Crippen molar-refractivity contribution in [2.24, 2.45) is 5.92 Å². The first-order chi connectivity index (χ1) is 22.6. The average Bonchev–Trinajstić information content (AvgIpc) is 3.07. The molecule has 2 aromatic carbocycles. The molecule has 0 amide bonds. The number of methoxy groups -OCH3 is 2. The molecule has 2 aromatic heterocycles. The third-order valence-electron chi connectivity index (χ3n) is 9.31. The summed E-state index contributed by atoms with van der Waals surface area (Å²) in [6, 6.07) is 17.0. The first-order valence-electron chi connectivity index (χ1n) is 16.0. The van der Waals surface area contributed by atoms with Gasteiger partial charge in [0.15, 0.2) is 0 Å². The third kappa shape index (κ3) is 7.15. The summed E-state index contributed by atoms with van der Waals surface area (Å²) < 4.78 is 55.2. The number of alkyl halides is 3. The summed E-state index contributed by atoms with van der Waals surface area (Å²) in [5.74, 6) is 2.30. The molecule has 8 nitrogen and oxygen atoms in total. The molecular weight excluding hydrogens is 605 g/mol. The second-order valence-corrected chi connectivity index (χ2v) is 12.5. The van der Waals surface area contributed by atoms with Crippen LogP contribution in [-0.4, -0.2) is 55.4 Å². The maximum Gasteiger partial charge on any atom is 0.418 e. The van der Waals surface area contributed by atoms with Gasteiger partial charge in [0.1, 0.15) is 29.5 Å².